The van der Waals surface area contributed by atoms with Crippen LogP contribution < -0.4 is 9.64 Å². The highest BCUT2D eigenvalue weighted by molar-refractivity contribution is 5.37. The van der Waals surface area contributed by atoms with Gasteiger partial charge in [-0.3, -0.25) is 4.90 Å². The second-order valence-corrected chi connectivity index (χ2v) is 9.05. The van der Waals surface area contributed by atoms with Gasteiger partial charge in [0.2, 0.25) is 6.39 Å². The summed E-state index contributed by atoms with van der Waals surface area (Å²) in [5, 5.41) is 7.77. The minimum absolute atomic E-state index is 0.0404. The molecule has 1 aromatic heterocycles. The van der Waals surface area contributed by atoms with Crippen LogP contribution in [-0.4, -0.2) is 78.8 Å². The van der Waals surface area contributed by atoms with Gasteiger partial charge in [-0.15, -0.1) is 5.10 Å². The molecule has 0 unspecified atom stereocenters. The highest BCUT2D eigenvalue weighted by atomic mass is 16.6. The summed E-state index contributed by atoms with van der Waals surface area (Å²) >= 11 is 0. The third kappa shape index (κ3) is 3.36. The average molecular weight is 412 g/mol. The fraction of sp³-hybridized carbons (Fsp3) is 0.636. The number of para-hydroxylation sites is 1. The van der Waals surface area contributed by atoms with E-state index in [0.717, 1.165) is 45.0 Å². The maximum Gasteiger partial charge on any atom is 0.318 e. The molecular formula is C22H28N4O4. The monoisotopic (exact) mass is 412 g/mol. The summed E-state index contributed by atoms with van der Waals surface area (Å²) in [6, 6.07) is 9.66. The molecule has 1 aromatic carbocycles. The molecule has 5 heterocycles. The van der Waals surface area contributed by atoms with E-state index in [9.17, 15) is 0 Å². The van der Waals surface area contributed by atoms with Gasteiger partial charge in [0.25, 0.3) is 0 Å². The zero-order valence-corrected chi connectivity index (χ0v) is 17.1. The van der Waals surface area contributed by atoms with E-state index in [2.05, 4.69) is 44.3 Å². The van der Waals surface area contributed by atoms with Gasteiger partial charge in [0.05, 0.1) is 32.9 Å². The molecule has 4 aliphatic rings. The Labute approximate surface area is 176 Å². The summed E-state index contributed by atoms with van der Waals surface area (Å²) in [5.41, 5.74) is 1.32. The molecule has 0 radical (unpaired) electrons. The molecule has 0 amide bonds. The zero-order valence-electron chi connectivity index (χ0n) is 17.1. The van der Waals surface area contributed by atoms with Gasteiger partial charge in [0.1, 0.15) is 17.5 Å². The largest absolute Gasteiger partial charge is 0.485 e. The highest BCUT2D eigenvalue weighted by Crippen LogP contribution is 2.41. The van der Waals surface area contributed by atoms with Crippen molar-refractivity contribution in [2.45, 2.75) is 42.9 Å². The number of hydrogen-bond acceptors (Lipinski definition) is 8. The van der Waals surface area contributed by atoms with Crippen LogP contribution in [0.15, 0.2) is 35.1 Å². The van der Waals surface area contributed by atoms with Crippen molar-refractivity contribution in [2.75, 3.05) is 50.9 Å². The normalized spacial score (nSPS) is 27.2. The Morgan fingerprint density at radius 2 is 1.90 bits per heavy atom. The number of hydrogen-bond donors (Lipinski definition) is 0. The molecule has 8 heteroatoms. The first-order valence-electron chi connectivity index (χ1n) is 11.0. The van der Waals surface area contributed by atoms with E-state index in [1.54, 1.807) is 0 Å². The maximum absolute atomic E-state index is 6.26. The van der Waals surface area contributed by atoms with Gasteiger partial charge in [-0.25, -0.2) is 0 Å². The molecule has 0 aliphatic carbocycles. The number of piperidine rings is 1. The van der Waals surface area contributed by atoms with E-state index in [0.29, 0.717) is 31.2 Å². The van der Waals surface area contributed by atoms with Gasteiger partial charge < -0.3 is 23.5 Å². The number of likely N-dealkylation sites (tertiary alicyclic amines) is 1. The van der Waals surface area contributed by atoms with Crippen LogP contribution in [0, 0.1) is 0 Å². The second kappa shape index (κ2) is 7.51. The van der Waals surface area contributed by atoms with Gasteiger partial charge in [-0.05, 0) is 49.9 Å². The molecule has 4 saturated heterocycles. The third-order valence-electron chi connectivity index (χ3n) is 7.07. The number of aromatic nitrogens is 2. The molecule has 30 heavy (non-hydrogen) atoms. The quantitative estimate of drug-likeness (QED) is 0.739. The fourth-order valence-electron chi connectivity index (χ4n) is 5.33. The minimum Gasteiger partial charge on any atom is -0.485 e. The lowest BCUT2D eigenvalue weighted by Crippen LogP contribution is -2.62. The Kier molecular flexibility index (Phi) is 4.66. The molecule has 4 fully saturated rings. The van der Waals surface area contributed by atoms with Crippen molar-refractivity contribution < 1.29 is 18.6 Å². The Hall–Kier alpha value is -2.16. The van der Waals surface area contributed by atoms with Crippen LogP contribution in [-0.2, 0) is 9.47 Å². The van der Waals surface area contributed by atoms with Gasteiger partial charge in [-0.2, -0.15) is 0 Å². The standard InChI is InChI=1S/C22H28N4O4/c1-2-4-20(30-18-11-27-12-18)19(3-1)16-5-7-25(8-6-16)17-9-22(29-10-17)13-26(14-22)21-24-23-15-28-21/h1-4,15-18H,5-14H2/t17-/m0/s1. The molecule has 0 N–H and O–H groups in total. The van der Waals surface area contributed by atoms with Crippen molar-refractivity contribution >= 4 is 6.01 Å². The summed E-state index contributed by atoms with van der Waals surface area (Å²) in [4.78, 5) is 4.73. The SMILES string of the molecule is c1ccc(C2CCN([C@@H]3COC4(C3)CN(c3nnco3)C4)CC2)c(OC2COC2)c1. The van der Waals surface area contributed by atoms with E-state index in [4.69, 9.17) is 18.6 Å². The van der Waals surface area contributed by atoms with Crippen LogP contribution in [0.3, 0.4) is 0 Å². The first-order chi connectivity index (χ1) is 14.8. The van der Waals surface area contributed by atoms with E-state index in [1.165, 1.54) is 24.8 Å². The Bertz CT molecular complexity index is 858. The van der Waals surface area contributed by atoms with E-state index in [-0.39, 0.29) is 11.7 Å². The van der Waals surface area contributed by atoms with E-state index < -0.39 is 0 Å². The number of ether oxygens (including phenoxy) is 3. The van der Waals surface area contributed by atoms with Crippen molar-refractivity contribution in [2.24, 2.45) is 0 Å². The summed E-state index contributed by atoms with van der Waals surface area (Å²) in [6.45, 7) is 6.16. The minimum atomic E-state index is -0.0404. The molecule has 1 spiro atoms. The Balaban J connectivity index is 1.04. The van der Waals surface area contributed by atoms with Crippen LogP contribution in [0.2, 0.25) is 0 Å². The summed E-state index contributed by atoms with van der Waals surface area (Å²) in [6.07, 6.45) is 5.01. The van der Waals surface area contributed by atoms with Crippen molar-refractivity contribution in [3.05, 3.63) is 36.2 Å². The smallest absolute Gasteiger partial charge is 0.318 e. The van der Waals surface area contributed by atoms with E-state index >= 15 is 0 Å². The molecule has 4 aliphatic heterocycles. The number of anilines is 1. The number of benzene rings is 1. The van der Waals surface area contributed by atoms with Crippen molar-refractivity contribution in [1.82, 2.24) is 15.1 Å². The molecule has 2 aromatic rings. The lowest BCUT2D eigenvalue weighted by molar-refractivity contribution is -0.0801. The predicted molar refractivity (Wildman–Crippen MR) is 109 cm³/mol. The predicted octanol–water partition coefficient (Wildman–Crippen LogP) is 2.07. The Morgan fingerprint density at radius 3 is 2.63 bits per heavy atom. The molecule has 1 atom stereocenters. The zero-order chi connectivity index (χ0) is 20.0. The lowest BCUT2D eigenvalue weighted by atomic mass is 9.86. The number of rotatable bonds is 5. The first kappa shape index (κ1) is 18.6. The highest BCUT2D eigenvalue weighted by Gasteiger charge is 2.52. The average Bonchev–Trinajstić information content (AvgIpc) is 3.40. The van der Waals surface area contributed by atoms with Crippen LogP contribution in [0.5, 0.6) is 5.75 Å². The summed E-state index contributed by atoms with van der Waals surface area (Å²) in [7, 11) is 0. The molecule has 0 saturated carbocycles. The molecule has 8 nitrogen and oxygen atoms in total. The molecule has 6 rings (SSSR count). The first-order valence-corrected chi connectivity index (χ1v) is 11.0. The Morgan fingerprint density at radius 1 is 1.07 bits per heavy atom. The second-order valence-electron chi connectivity index (χ2n) is 9.05. The van der Waals surface area contributed by atoms with Gasteiger partial charge in [0, 0.05) is 6.04 Å². The summed E-state index contributed by atoms with van der Waals surface area (Å²) < 4.78 is 23.0. The van der Waals surface area contributed by atoms with Crippen molar-refractivity contribution in [3.8, 4) is 5.75 Å². The van der Waals surface area contributed by atoms with Crippen molar-refractivity contribution in [3.63, 3.8) is 0 Å². The summed E-state index contributed by atoms with van der Waals surface area (Å²) in [5.74, 6) is 1.61. The van der Waals surface area contributed by atoms with Crippen molar-refractivity contribution in [1.29, 1.82) is 0 Å². The van der Waals surface area contributed by atoms with E-state index in [1.807, 2.05) is 0 Å². The lowest BCUT2D eigenvalue weighted by Gasteiger charge is -2.46. The number of nitrogens with zero attached hydrogens (tertiary/aromatic N) is 4. The van der Waals surface area contributed by atoms with Gasteiger partial charge in [-0.1, -0.05) is 23.3 Å². The molecule has 160 valence electrons. The molecule has 0 bridgehead atoms. The molecular weight excluding hydrogens is 384 g/mol. The van der Waals surface area contributed by atoms with Gasteiger partial charge >= 0.3 is 6.01 Å². The van der Waals surface area contributed by atoms with Crippen LogP contribution in [0.25, 0.3) is 0 Å². The van der Waals surface area contributed by atoms with Crippen LogP contribution in [0.4, 0.5) is 6.01 Å². The topological polar surface area (TPSA) is 73.1 Å². The third-order valence-corrected chi connectivity index (χ3v) is 7.07. The van der Waals surface area contributed by atoms with Crippen LogP contribution >= 0.6 is 0 Å². The fourth-order valence-corrected chi connectivity index (χ4v) is 5.33. The van der Waals surface area contributed by atoms with Crippen LogP contribution in [0.1, 0.15) is 30.7 Å². The maximum atomic E-state index is 6.26. The van der Waals surface area contributed by atoms with Gasteiger partial charge in [0.15, 0.2) is 0 Å².